The van der Waals surface area contributed by atoms with Gasteiger partial charge in [0.1, 0.15) is 17.5 Å². The fraction of sp³-hybridized carbons (Fsp3) is 0.488. The van der Waals surface area contributed by atoms with Crippen LogP contribution in [0.15, 0.2) is 41.2 Å². The zero-order valence-electron chi connectivity index (χ0n) is 31.7. The molecule has 4 fully saturated rings. The van der Waals surface area contributed by atoms with Crippen LogP contribution < -0.4 is 25.2 Å². The van der Waals surface area contributed by atoms with E-state index in [-0.39, 0.29) is 29.7 Å². The van der Waals surface area contributed by atoms with Gasteiger partial charge in [-0.1, -0.05) is 0 Å². The number of carbonyl (C=O) groups is 4. The minimum Gasteiger partial charge on any atom is -0.496 e. The second-order valence-electron chi connectivity index (χ2n) is 15.9. The molecular weight excluding hydrogens is 688 g/mol. The van der Waals surface area contributed by atoms with Crippen molar-refractivity contribution in [2.45, 2.75) is 52.1 Å². The third-order valence-corrected chi connectivity index (χ3v) is 12.5. The van der Waals surface area contributed by atoms with Crippen LogP contribution in [-0.4, -0.2) is 109 Å². The van der Waals surface area contributed by atoms with Crippen LogP contribution in [0.25, 0.3) is 11.1 Å². The van der Waals surface area contributed by atoms with Gasteiger partial charge in [0, 0.05) is 80.7 Å². The highest BCUT2D eigenvalue weighted by atomic mass is 16.5. The molecule has 284 valence electrons. The molecule has 0 saturated carbocycles. The van der Waals surface area contributed by atoms with Crippen LogP contribution in [0.2, 0.25) is 0 Å². The summed E-state index contributed by atoms with van der Waals surface area (Å²) in [6.07, 6.45) is 2.50. The van der Waals surface area contributed by atoms with E-state index in [1.54, 1.807) is 38.0 Å². The molecule has 13 nitrogen and oxygen atoms in total. The first-order valence-electron chi connectivity index (χ1n) is 18.9. The highest BCUT2D eigenvalue weighted by molar-refractivity contribution is 6.23. The van der Waals surface area contributed by atoms with Crippen molar-refractivity contribution in [3.8, 4) is 22.6 Å². The van der Waals surface area contributed by atoms with Crippen LogP contribution >= 0.6 is 0 Å². The molecule has 1 spiro atoms. The van der Waals surface area contributed by atoms with E-state index in [9.17, 15) is 24.0 Å². The van der Waals surface area contributed by atoms with Gasteiger partial charge in [-0.3, -0.25) is 39.1 Å². The number of amides is 4. The predicted molar refractivity (Wildman–Crippen MR) is 202 cm³/mol. The molecule has 4 saturated heterocycles. The van der Waals surface area contributed by atoms with Gasteiger partial charge in [-0.2, -0.15) is 0 Å². The molecular formula is C41H48N6O7. The maximum absolute atomic E-state index is 13.3. The highest BCUT2D eigenvalue weighted by Gasteiger charge is 2.48. The summed E-state index contributed by atoms with van der Waals surface area (Å²) in [6.45, 7) is 11.6. The lowest BCUT2D eigenvalue weighted by atomic mass is 9.71. The van der Waals surface area contributed by atoms with Gasteiger partial charge in [0.05, 0.1) is 30.9 Å². The molecule has 1 aromatic heterocycles. The second kappa shape index (κ2) is 13.7. The first-order chi connectivity index (χ1) is 25.9. The lowest BCUT2D eigenvalue weighted by Gasteiger charge is -2.55. The fourth-order valence-corrected chi connectivity index (χ4v) is 9.21. The molecule has 13 heteroatoms. The van der Waals surface area contributed by atoms with E-state index in [0.29, 0.717) is 22.6 Å². The first kappa shape index (κ1) is 36.0. The summed E-state index contributed by atoms with van der Waals surface area (Å²) < 4.78 is 13.5. The van der Waals surface area contributed by atoms with Gasteiger partial charge >= 0.3 is 0 Å². The molecule has 1 N–H and O–H groups in total. The number of nitrogens with zero attached hydrogens (tertiary/aromatic N) is 5. The number of hydrogen-bond acceptors (Lipinski definition) is 10. The van der Waals surface area contributed by atoms with Crippen LogP contribution in [0.5, 0.6) is 11.5 Å². The summed E-state index contributed by atoms with van der Waals surface area (Å²) in [5, 5.41) is 2.25. The number of imide groups is 2. The summed E-state index contributed by atoms with van der Waals surface area (Å²) in [5.41, 5.74) is 6.38. The normalized spacial score (nSPS) is 21.6. The number of anilines is 1. The molecule has 5 aliphatic heterocycles. The molecule has 5 aliphatic rings. The van der Waals surface area contributed by atoms with Crippen LogP contribution in [-0.2, 0) is 23.2 Å². The SMILES string of the molecule is COc1cc(-c2cc(C)c(=O)n(C)c2C)cc(OC)c1CN1CC(CN2CCC3(CC2)CN(c2ccc4c(c2)C(=O)N(C2CCC(=O)NC2=O)C4=O)C3)C1. The number of carbonyl (C=O) groups excluding carboxylic acids is 4. The second-order valence-corrected chi connectivity index (χ2v) is 15.9. The van der Waals surface area contributed by atoms with Gasteiger partial charge in [0.25, 0.3) is 17.4 Å². The van der Waals surface area contributed by atoms with E-state index >= 15 is 0 Å². The number of hydrogen-bond donors (Lipinski definition) is 1. The molecule has 1 unspecified atom stereocenters. The number of rotatable bonds is 9. The summed E-state index contributed by atoms with van der Waals surface area (Å²) in [7, 11) is 5.19. The Labute approximate surface area is 314 Å². The Hall–Kier alpha value is -5.01. The number of nitrogens with one attached hydrogen (secondary N) is 1. The third-order valence-electron chi connectivity index (χ3n) is 12.5. The molecule has 54 heavy (non-hydrogen) atoms. The van der Waals surface area contributed by atoms with Gasteiger partial charge in [-0.25, -0.2) is 0 Å². The number of methoxy groups -OCH3 is 2. The van der Waals surface area contributed by atoms with Gasteiger partial charge < -0.3 is 23.8 Å². The van der Waals surface area contributed by atoms with E-state index in [1.165, 1.54) is 0 Å². The summed E-state index contributed by atoms with van der Waals surface area (Å²) >= 11 is 0. The Morgan fingerprint density at radius 3 is 2.15 bits per heavy atom. The quantitative estimate of drug-likeness (QED) is 0.327. The van der Waals surface area contributed by atoms with E-state index in [0.717, 1.165) is 110 Å². The minimum atomic E-state index is -0.960. The number of likely N-dealkylation sites (tertiary alicyclic amines) is 2. The summed E-state index contributed by atoms with van der Waals surface area (Å²) in [5.74, 6) is 0.244. The van der Waals surface area contributed by atoms with Crippen molar-refractivity contribution in [1.29, 1.82) is 0 Å². The number of benzene rings is 2. The monoisotopic (exact) mass is 736 g/mol. The Balaban J connectivity index is 0.829. The maximum atomic E-state index is 13.3. The van der Waals surface area contributed by atoms with Gasteiger partial charge in [0.2, 0.25) is 11.8 Å². The topological polar surface area (TPSA) is 134 Å². The number of piperidine rings is 2. The van der Waals surface area contributed by atoms with Crippen molar-refractivity contribution in [3.05, 3.63) is 74.7 Å². The molecule has 8 rings (SSSR count). The van der Waals surface area contributed by atoms with Crippen LogP contribution in [0, 0.1) is 25.2 Å². The van der Waals surface area contributed by atoms with E-state index in [1.807, 2.05) is 26.0 Å². The molecule has 1 atom stereocenters. The Bertz CT molecular complexity index is 2100. The predicted octanol–water partition coefficient (Wildman–Crippen LogP) is 3.12. The average molecular weight is 737 g/mol. The van der Waals surface area contributed by atoms with Gasteiger partial charge in [-0.05, 0) is 94.1 Å². The Kier molecular flexibility index (Phi) is 9.12. The Morgan fingerprint density at radius 1 is 0.833 bits per heavy atom. The van der Waals surface area contributed by atoms with E-state index in [2.05, 4.69) is 32.1 Å². The highest BCUT2D eigenvalue weighted by Crippen LogP contribution is 2.44. The molecule has 2 aromatic carbocycles. The molecule has 0 radical (unpaired) electrons. The van der Waals surface area contributed by atoms with E-state index in [4.69, 9.17) is 9.47 Å². The lowest BCUT2D eigenvalue weighted by molar-refractivity contribution is -0.136. The molecule has 0 bridgehead atoms. The molecule has 0 aliphatic carbocycles. The molecule has 6 heterocycles. The van der Waals surface area contributed by atoms with Crippen molar-refractivity contribution in [3.63, 3.8) is 0 Å². The zero-order valence-corrected chi connectivity index (χ0v) is 31.7. The van der Waals surface area contributed by atoms with Crippen molar-refractivity contribution < 1.29 is 28.7 Å². The van der Waals surface area contributed by atoms with Crippen molar-refractivity contribution in [2.75, 3.05) is 64.9 Å². The van der Waals surface area contributed by atoms with Gasteiger partial charge in [-0.15, -0.1) is 0 Å². The number of pyridine rings is 1. The van der Waals surface area contributed by atoms with Crippen LogP contribution in [0.1, 0.15) is 63.2 Å². The summed E-state index contributed by atoms with van der Waals surface area (Å²) in [6, 6.07) is 10.5. The van der Waals surface area contributed by atoms with Crippen molar-refractivity contribution in [1.82, 2.24) is 24.6 Å². The minimum absolute atomic E-state index is 0.00706. The number of aromatic nitrogens is 1. The number of aryl methyl sites for hydroxylation is 1. The Morgan fingerprint density at radius 2 is 1.50 bits per heavy atom. The van der Waals surface area contributed by atoms with Crippen LogP contribution in [0.4, 0.5) is 5.69 Å². The maximum Gasteiger partial charge on any atom is 0.262 e. The van der Waals surface area contributed by atoms with Crippen molar-refractivity contribution >= 4 is 29.3 Å². The molecule has 4 amide bonds. The van der Waals surface area contributed by atoms with Crippen LogP contribution in [0.3, 0.4) is 0 Å². The number of ether oxygens (including phenoxy) is 2. The zero-order chi connectivity index (χ0) is 38.1. The third kappa shape index (κ3) is 6.16. The summed E-state index contributed by atoms with van der Waals surface area (Å²) in [4.78, 5) is 71.3. The standard InChI is InChI=1S/C41H48N6O7/c1-24-14-30(25(2)43(3)38(24)50)27-15-34(53-4)32(35(16-27)54-5)21-45-19-26(20-45)18-44-12-10-41(11-13-44)22-46(23-41)28-6-7-29-31(17-28)40(52)47(39(29)51)33-8-9-36(48)42-37(33)49/h6-7,14-17,26,33H,8-13,18-23H2,1-5H3,(H,42,48,49). The van der Waals surface area contributed by atoms with E-state index < -0.39 is 23.8 Å². The fourth-order valence-electron chi connectivity index (χ4n) is 9.21. The van der Waals surface area contributed by atoms with Gasteiger partial charge in [0.15, 0.2) is 0 Å². The smallest absolute Gasteiger partial charge is 0.262 e. The number of fused-ring (bicyclic) bond motifs is 1. The van der Waals surface area contributed by atoms with Crippen molar-refractivity contribution in [2.24, 2.45) is 18.4 Å². The lowest BCUT2D eigenvalue weighted by Crippen LogP contribution is -2.61. The molecule has 3 aromatic rings. The first-order valence-corrected chi connectivity index (χ1v) is 18.9. The largest absolute Gasteiger partial charge is 0.496 e. The average Bonchev–Trinajstić information content (AvgIpc) is 3.38.